The van der Waals surface area contributed by atoms with Crippen LogP contribution in [-0.4, -0.2) is 60.6 Å². The number of piperidine rings is 1. The molecule has 2 atom stereocenters. The number of hydrogen-bond donors (Lipinski definition) is 1. The summed E-state index contributed by atoms with van der Waals surface area (Å²) in [5.41, 5.74) is 0. The van der Waals surface area contributed by atoms with Crippen LogP contribution in [0.3, 0.4) is 0 Å². The van der Waals surface area contributed by atoms with E-state index in [0.717, 1.165) is 25.3 Å². The molecule has 2 fully saturated rings. The van der Waals surface area contributed by atoms with Crippen LogP contribution in [0.4, 0.5) is 0 Å². The zero-order valence-corrected chi connectivity index (χ0v) is 10.9. The second-order valence-corrected chi connectivity index (χ2v) is 5.78. The highest BCUT2D eigenvalue weighted by Gasteiger charge is 2.39. The van der Waals surface area contributed by atoms with Crippen LogP contribution in [0.1, 0.15) is 25.7 Å². The first kappa shape index (κ1) is 12.8. The van der Waals surface area contributed by atoms with Crippen LogP contribution in [-0.2, 0) is 4.79 Å². The molecule has 2 unspecified atom stereocenters. The first-order valence-electron chi connectivity index (χ1n) is 6.69. The Morgan fingerprint density at radius 2 is 1.94 bits per heavy atom. The molecule has 1 aliphatic heterocycles. The van der Waals surface area contributed by atoms with Gasteiger partial charge in [0.15, 0.2) is 0 Å². The molecule has 2 aliphatic rings. The minimum absolute atomic E-state index is 0.119. The molecule has 17 heavy (non-hydrogen) atoms. The Hall–Kier alpha value is -0.610. The quantitative estimate of drug-likeness (QED) is 0.800. The van der Waals surface area contributed by atoms with Gasteiger partial charge in [-0.1, -0.05) is 0 Å². The second-order valence-electron chi connectivity index (χ2n) is 5.78. The van der Waals surface area contributed by atoms with Crippen LogP contribution in [0.5, 0.6) is 0 Å². The number of carboxylic acid groups (broad SMARTS) is 1. The largest absolute Gasteiger partial charge is 0.481 e. The van der Waals surface area contributed by atoms with Gasteiger partial charge < -0.3 is 14.9 Å². The van der Waals surface area contributed by atoms with Gasteiger partial charge in [0.1, 0.15) is 0 Å². The predicted molar refractivity (Wildman–Crippen MR) is 67.0 cm³/mol. The normalized spacial score (nSPS) is 31.5. The van der Waals surface area contributed by atoms with Crippen LogP contribution in [0.25, 0.3) is 0 Å². The topological polar surface area (TPSA) is 43.8 Å². The van der Waals surface area contributed by atoms with E-state index in [1.54, 1.807) is 0 Å². The molecule has 4 nitrogen and oxygen atoms in total. The summed E-state index contributed by atoms with van der Waals surface area (Å²) in [6.45, 7) is 3.44. The molecule has 98 valence electrons. The van der Waals surface area contributed by atoms with Gasteiger partial charge in [0, 0.05) is 12.6 Å². The summed E-state index contributed by atoms with van der Waals surface area (Å²) in [6.07, 6.45) is 4.43. The third-order valence-electron chi connectivity index (χ3n) is 4.51. The molecule has 1 saturated heterocycles. The monoisotopic (exact) mass is 240 g/mol. The minimum Gasteiger partial charge on any atom is -0.481 e. The first-order chi connectivity index (χ1) is 8.08. The first-order valence-corrected chi connectivity index (χ1v) is 6.69. The van der Waals surface area contributed by atoms with Crippen molar-refractivity contribution in [3.63, 3.8) is 0 Å². The summed E-state index contributed by atoms with van der Waals surface area (Å²) in [5, 5.41) is 9.06. The lowest BCUT2D eigenvalue weighted by Crippen LogP contribution is -2.50. The van der Waals surface area contributed by atoms with Gasteiger partial charge in [0.05, 0.1) is 5.92 Å². The van der Waals surface area contributed by atoms with Crippen LogP contribution in [0, 0.1) is 11.8 Å². The van der Waals surface area contributed by atoms with Gasteiger partial charge in [-0.3, -0.25) is 4.79 Å². The van der Waals surface area contributed by atoms with Crippen molar-refractivity contribution in [3.8, 4) is 0 Å². The van der Waals surface area contributed by atoms with Crippen LogP contribution in [0.2, 0.25) is 0 Å². The van der Waals surface area contributed by atoms with Gasteiger partial charge in [0.25, 0.3) is 0 Å². The maximum atomic E-state index is 11.0. The molecule has 1 saturated carbocycles. The lowest BCUT2D eigenvalue weighted by atomic mass is 9.78. The average molecular weight is 240 g/mol. The molecular weight excluding hydrogens is 216 g/mol. The van der Waals surface area contributed by atoms with Crippen molar-refractivity contribution in [2.45, 2.75) is 31.7 Å². The Morgan fingerprint density at radius 1 is 1.29 bits per heavy atom. The van der Waals surface area contributed by atoms with Crippen LogP contribution in [0.15, 0.2) is 0 Å². The fourth-order valence-electron chi connectivity index (χ4n) is 3.09. The number of nitrogens with zero attached hydrogens (tertiary/aromatic N) is 2. The van der Waals surface area contributed by atoms with Crippen molar-refractivity contribution in [2.24, 2.45) is 11.8 Å². The van der Waals surface area contributed by atoms with Crippen molar-refractivity contribution in [3.05, 3.63) is 0 Å². The summed E-state index contributed by atoms with van der Waals surface area (Å²) in [6, 6.07) is 0.284. The molecule has 0 aromatic heterocycles. The maximum Gasteiger partial charge on any atom is 0.308 e. The molecular formula is C13H24N2O2. The van der Waals surface area contributed by atoms with Crippen LogP contribution < -0.4 is 0 Å². The Morgan fingerprint density at radius 3 is 2.41 bits per heavy atom. The third-order valence-corrected chi connectivity index (χ3v) is 4.51. The van der Waals surface area contributed by atoms with Crippen molar-refractivity contribution < 1.29 is 9.90 Å². The zero-order chi connectivity index (χ0) is 12.4. The second kappa shape index (κ2) is 5.36. The Bertz CT molecular complexity index is 275. The summed E-state index contributed by atoms with van der Waals surface area (Å²) in [7, 11) is 4.27. The maximum absolute atomic E-state index is 11.0. The SMILES string of the molecule is CN1CCC(CN(C)C2CCC2C(=O)O)CC1. The van der Waals surface area contributed by atoms with Crippen LogP contribution >= 0.6 is 0 Å². The van der Waals surface area contributed by atoms with E-state index in [4.69, 9.17) is 5.11 Å². The van der Waals surface area contributed by atoms with E-state index < -0.39 is 5.97 Å². The van der Waals surface area contributed by atoms with Gasteiger partial charge >= 0.3 is 5.97 Å². The van der Waals surface area contributed by atoms with E-state index in [1.807, 2.05) is 0 Å². The van der Waals surface area contributed by atoms with Gasteiger partial charge in [-0.2, -0.15) is 0 Å². The molecule has 0 aromatic carbocycles. The highest BCUT2D eigenvalue weighted by Crippen LogP contribution is 2.32. The highest BCUT2D eigenvalue weighted by atomic mass is 16.4. The third kappa shape index (κ3) is 2.99. The number of carboxylic acids is 1. The molecule has 1 heterocycles. The fraction of sp³-hybridized carbons (Fsp3) is 0.923. The summed E-state index contributed by atoms with van der Waals surface area (Å²) in [4.78, 5) is 15.7. The molecule has 1 aliphatic carbocycles. The molecule has 0 spiro atoms. The van der Waals surface area contributed by atoms with Gasteiger partial charge in [-0.05, 0) is 58.8 Å². The minimum atomic E-state index is -0.614. The lowest BCUT2D eigenvalue weighted by molar-refractivity contribution is -0.148. The van der Waals surface area contributed by atoms with E-state index in [9.17, 15) is 4.79 Å². The van der Waals surface area contributed by atoms with Gasteiger partial charge in [-0.25, -0.2) is 0 Å². The lowest BCUT2D eigenvalue weighted by Gasteiger charge is -2.42. The van der Waals surface area contributed by atoms with E-state index in [2.05, 4.69) is 23.9 Å². The molecule has 0 aromatic rings. The van der Waals surface area contributed by atoms with E-state index in [1.165, 1.54) is 25.9 Å². The highest BCUT2D eigenvalue weighted by molar-refractivity contribution is 5.72. The molecule has 0 radical (unpaired) electrons. The fourth-order valence-corrected chi connectivity index (χ4v) is 3.09. The summed E-state index contributed by atoms with van der Waals surface area (Å²) < 4.78 is 0. The van der Waals surface area contributed by atoms with Crippen molar-refractivity contribution in [1.82, 2.24) is 9.80 Å². The molecule has 0 amide bonds. The Labute approximate surface area is 104 Å². The standard InChI is InChI=1S/C13H24N2O2/c1-14-7-5-10(6-8-14)9-15(2)12-4-3-11(12)13(16)17/h10-12H,3-9H2,1-2H3,(H,16,17). The number of aliphatic carboxylic acids is 1. The predicted octanol–water partition coefficient (Wildman–Crippen LogP) is 1.12. The van der Waals surface area contributed by atoms with E-state index >= 15 is 0 Å². The van der Waals surface area contributed by atoms with Crippen molar-refractivity contribution in [1.29, 1.82) is 0 Å². The number of likely N-dealkylation sites (tertiary alicyclic amines) is 1. The van der Waals surface area contributed by atoms with Gasteiger partial charge in [0.2, 0.25) is 0 Å². The van der Waals surface area contributed by atoms with E-state index in [-0.39, 0.29) is 12.0 Å². The van der Waals surface area contributed by atoms with Gasteiger partial charge in [-0.15, -0.1) is 0 Å². The Balaban J connectivity index is 1.77. The zero-order valence-electron chi connectivity index (χ0n) is 10.9. The van der Waals surface area contributed by atoms with E-state index in [0.29, 0.717) is 0 Å². The number of carbonyl (C=O) groups is 1. The average Bonchev–Trinajstić information content (AvgIpc) is 2.18. The molecule has 2 rings (SSSR count). The summed E-state index contributed by atoms with van der Waals surface area (Å²) >= 11 is 0. The van der Waals surface area contributed by atoms with Crippen molar-refractivity contribution >= 4 is 5.97 Å². The smallest absolute Gasteiger partial charge is 0.308 e. The van der Waals surface area contributed by atoms with Crippen molar-refractivity contribution in [2.75, 3.05) is 33.7 Å². The molecule has 4 heteroatoms. The molecule has 1 N–H and O–H groups in total. The number of hydrogen-bond acceptors (Lipinski definition) is 3. The number of rotatable bonds is 4. The molecule has 0 bridgehead atoms. The summed E-state index contributed by atoms with van der Waals surface area (Å²) in [5.74, 6) is 0.0222. The Kier molecular flexibility index (Phi) is 4.05.